The number of aliphatic hydroxyl groups excluding tert-OH is 2. The van der Waals surface area contributed by atoms with Crippen molar-refractivity contribution in [1.82, 2.24) is 0 Å². The van der Waals surface area contributed by atoms with Gasteiger partial charge in [-0.1, -0.05) is 36.4 Å². The number of aliphatic hydroxyl groups is 2. The van der Waals surface area contributed by atoms with Gasteiger partial charge in [0.2, 0.25) is 0 Å². The van der Waals surface area contributed by atoms with Crippen molar-refractivity contribution in [2.75, 3.05) is 36.9 Å². The number of hydrogen-bond donors (Lipinski definition) is 8. The normalized spacial score (nSPS) is 9.06. The molecular formula is C17H26K2N2O13S2. The van der Waals surface area contributed by atoms with Gasteiger partial charge in [0.25, 0.3) is 0 Å². The van der Waals surface area contributed by atoms with Crippen molar-refractivity contribution in [3.8, 4) is 0 Å². The van der Waals surface area contributed by atoms with Crippen LogP contribution < -0.4 is 124 Å². The zero-order valence-corrected chi connectivity index (χ0v) is 27.3. The Morgan fingerprint density at radius 3 is 1.00 bits per heavy atom. The molecule has 0 saturated carbocycles. The monoisotopic (exact) mass is 608 g/mol. The van der Waals surface area contributed by atoms with E-state index in [1.807, 2.05) is 60.7 Å². The minimum absolute atomic E-state index is 0. The Morgan fingerprint density at radius 2 is 0.833 bits per heavy atom. The van der Waals surface area contributed by atoms with Gasteiger partial charge in [-0.15, -0.1) is 0 Å². The number of benzene rings is 2. The van der Waals surface area contributed by atoms with Crippen molar-refractivity contribution in [3.05, 3.63) is 60.7 Å². The van der Waals surface area contributed by atoms with Gasteiger partial charge in [-0.05, 0) is 30.4 Å². The number of rotatable bonds is 6. The second kappa shape index (κ2) is 29.8. The van der Waals surface area contributed by atoms with Crippen LogP contribution in [0, 0.1) is 0 Å². The Morgan fingerprint density at radius 1 is 0.639 bits per heavy atom. The van der Waals surface area contributed by atoms with Gasteiger partial charge in [-0.25, -0.2) is 0 Å². The van der Waals surface area contributed by atoms with Crippen LogP contribution in [-0.2, 0) is 20.8 Å². The summed E-state index contributed by atoms with van der Waals surface area (Å²) in [6.45, 7) is 1.58. The minimum Gasteiger partial charge on any atom is -0.652 e. The van der Waals surface area contributed by atoms with Crippen LogP contribution in [0.15, 0.2) is 60.7 Å². The first-order chi connectivity index (χ1) is 15.6. The molecule has 0 bridgehead atoms. The molecule has 36 heavy (non-hydrogen) atoms. The summed E-state index contributed by atoms with van der Waals surface area (Å²) >= 11 is 0. The van der Waals surface area contributed by atoms with Crippen LogP contribution in [0.3, 0.4) is 0 Å². The molecule has 2 aromatic rings. The average Bonchev–Trinajstić information content (AvgIpc) is 2.70. The third kappa shape index (κ3) is 64.4. The molecule has 15 nitrogen and oxygen atoms in total. The van der Waals surface area contributed by atoms with Gasteiger partial charge in [-0.2, -0.15) is 16.8 Å². The largest absolute Gasteiger partial charge is 1.00 e. The molecule has 196 valence electrons. The van der Waals surface area contributed by atoms with Crippen LogP contribution in [0.4, 0.5) is 16.2 Å². The Balaban J connectivity index is -0.000000116. The molecule has 0 heterocycles. The van der Waals surface area contributed by atoms with Crippen molar-refractivity contribution in [2.45, 2.75) is 0 Å². The van der Waals surface area contributed by atoms with Crippen molar-refractivity contribution in [2.24, 2.45) is 0 Å². The fraction of sp³-hybridized carbons (Fsp3) is 0.235. The molecule has 19 heteroatoms. The fourth-order valence-electron chi connectivity index (χ4n) is 1.51. The van der Waals surface area contributed by atoms with Gasteiger partial charge in [0, 0.05) is 24.5 Å². The molecule has 0 fully saturated rings. The maximum absolute atomic E-state index is 8.74. The molecule has 0 aliphatic rings. The molecule has 8 N–H and O–H groups in total. The number of anilines is 2. The van der Waals surface area contributed by atoms with Crippen LogP contribution in [0.1, 0.15) is 0 Å². The molecule has 0 atom stereocenters. The Bertz CT molecular complexity index is 860. The number of nitrogens with one attached hydrogen (secondary N) is 2. The van der Waals surface area contributed by atoms with Crippen molar-refractivity contribution >= 4 is 38.3 Å². The third-order valence-corrected chi connectivity index (χ3v) is 2.43. The van der Waals surface area contributed by atoms with E-state index in [-0.39, 0.29) is 116 Å². The predicted octanol–water partition coefficient (Wildman–Crippen LogP) is -7.56. The van der Waals surface area contributed by atoms with Gasteiger partial charge in [0.15, 0.2) is 0 Å². The summed E-state index contributed by atoms with van der Waals surface area (Å²) < 4.78 is 63.2. The number of carbonyl (C=O) groups excluding carboxylic acids is 1. The van der Waals surface area contributed by atoms with Gasteiger partial charge in [0.1, 0.15) is 0 Å². The first-order valence-corrected chi connectivity index (χ1v) is 11.5. The SMILES string of the molecule is O=C([O-])[O-].O=S(=O)(O)O.O=S(=O)(O)O.OCCNc1ccccc1.OCCNc1ccccc1.[K+].[K+]. The summed E-state index contributed by atoms with van der Waals surface area (Å²) in [5.41, 5.74) is 2.10. The Hall–Kier alpha value is 0.243. The predicted molar refractivity (Wildman–Crippen MR) is 118 cm³/mol. The van der Waals surface area contributed by atoms with Crippen LogP contribution in [0.5, 0.6) is 0 Å². The Kier molecular flexibility index (Phi) is 38.2. The molecular weight excluding hydrogens is 583 g/mol. The summed E-state index contributed by atoms with van der Waals surface area (Å²) in [6.07, 6.45) is -2.33. The second-order valence-corrected chi connectivity index (χ2v) is 6.97. The molecule has 0 aliphatic carbocycles. The van der Waals surface area contributed by atoms with E-state index in [1.54, 1.807) is 0 Å². The summed E-state index contributed by atoms with van der Waals surface area (Å²) in [5.74, 6) is 0. The number of hydrogen-bond acceptors (Lipinski definition) is 11. The zero-order chi connectivity index (χ0) is 27.0. The summed E-state index contributed by atoms with van der Waals surface area (Å²) in [6, 6.07) is 19.6. The topological polar surface area (TPSA) is 277 Å². The van der Waals surface area contributed by atoms with Crippen molar-refractivity contribution in [1.29, 1.82) is 0 Å². The van der Waals surface area contributed by atoms with Crippen molar-refractivity contribution in [3.63, 3.8) is 0 Å². The van der Waals surface area contributed by atoms with E-state index < -0.39 is 27.0 Å². The molecule has 0 aromatic heterocycles. The molecule has 0 saturated heterocycles. The molecule has 2 aromatic carbocycles. The van der Waals surface area contributed by atoms with Gasteiger partial charge in [0.05, 0.1) is 13.2 Å². The third-order valence-electron chi connectivity index (χ3n) is 2.43. The number of carbonyl (C=O) groups is 1. The maximum atomic E-state index is 8.74. The van der Waals surface area contributed by atoms with Crippen LogP contribution >= 0.6 is 0 Å². The Labute approximate surface area is 294 Å². The standard InChI is InChI=1S/2C8H11NO.CH2O3.2K.2H2O4S/c2*10-7-6-9-8-4-2-1-3-5-8;2-1(3)4;;;2*1-5(2,3)4/h2*1-5,9-10H,6-7H2;(H2,2,3,4);;;2*(H2,1,2,3,4)/q;;;2*+1;;/p-2. The molecule has 0 amide bonds. The number of para-hydroxylation sites is 2. The molecule has 0 unspecified atom stereocenters. The molecule has 0 radical (unpaired) electrons. The second-order valence-electron chi connectivity index (χ2n) is 5.18. The first-order valence-electron chi connectivity index (χ1n) is 8.67. The zero-order valence-electron chi connectivity index (χ0n) is 19.5. The van der Waals surface area contributed by atoms with Gasteiger partial charge >= 0.3 is 124 Å². The van der Waals surface area contributed by atoms with E-state index in [1.165, 1.54) is 0 Å². The summed E-state index contributed by atoms with van der Waals surface area (Å²) in [5, 5.41) is 39.7. The minimum atomic E-state index is -4.67. The number of carboxylic acid groups (broad SMARTS) is 2. The van der Waals surface area contributed by atoms with E-state index >= 15 is 0 Å². The van der Waals surface area contributed by atoms with Gasteiger partial charge < -0.3 is 35.9 Å². The van der Waals surface area contributed by atoms with Crippen LogP contribution in [0.25, 0.3) is 0 Å². The van der Waals surface area contributed by atoms with E-state index in [2.05, 4.69) is 10.6 Å². The van der Waals surface area contributed by atoms with E-state index in [0.29, 0.717) is 13.1 Å². The average molecular weight is 609 g/mol. The molecule has 2 rings (SSSR count). The van der Waals surface area contributed by atoms with E-state index in [4.69, 9.17) is 60.3 Å². The van der Waals surface area contributed by atoms with Gasteiger partial charge in [-0.3, -0.25) is 18.2 Å². The maximum Gasteiger partial charge on any atom is 1.00 e. The quantitative estimate of drug-likeness (QED) is 0.112. The molecule has 0 aliphatic heterocycles. The van der Waals surface area contributed by atoms with Crippen LogP contribution in [-0.4, -0.2) is 77.7 Å². The molecule has 0 spiro atoms. The summed E-state index contributed by atoms with van der Waals surface area (Å²) in [7, 11) is -9.33. The fourth-order valence-corrected chi connectivity index (χ4v) is 1.51. The smallest absolute Gasteiger partial charge is 0.652 e. The van der Waals surface area contributed by atoms with Crippen molar-refractivity contribution < 1.29 is 163 Å². The van der Waals surface area contributed by atoms with Crippen LogP contribution in [0.2, 0.25) is 0 Å². The van der Waals surface area contributed by atoms with E-state index in [0.717, 1.165) is 11.4 Å². The summed E-state index contributed by atoms with van der Waals surface area (Å²) in [4.78, 5) is 8.33. The first kappa shape index (κ1) is 46.1. The van der Waals surface area contributed by atoms with E-state index in [9.17, 15) is 0 Å².